The van der Waals surface area contributed by atoms with Crippen molar-refractivity contribution in [2.45, 2.75) is 25.4 Å². The minimum atomic E-state index is -0.805. The Hall–Kier alpha value is -2.94. The monoisotopic (exact) mass is 425 g/mol. The van der Waals surface area contributed by atoms with E-state index in [1.54, 1.807) is 39.5 Å². The van der Waals surface area contributed by atoms with E-state index in [0.717, 1.165) is 18.2 Å². The lowest BCUT2D eigenvalue weighted by Gasteiger charge is -2.49. The Morgan fingerprint density at radius 1 is 1.17 bits per heavy atom. The third-order valence-electron chi connectivity index (χ3n) is 6.36. The zero-order valence-electron chi connectivity index (χ0n) is 16.8. The zero-order chi connectivity index (χ0) is 20.9. The van der Waals surface area contributed by atoms with Gasteiger partial charge in [0.2, 0.25) is 11.8 Å². The van der Waals surface area contributed by atoms with Gasteiger partial charge in [0.05, 0.1) is 11.3 Å². The van der Waals surface area contributed by atoms with Gasteiger partial charge in [-0.2, -0.15) is 0 Å². The van der Waals surface area contributed by atoms with Gasteiger partial charge in [-0.25, -0.2) is 4.98 Å². The molecule has 0 aliphatic carbocycles. The highest BCUT2D eigenvalue weighted by molar-refractivity contribution is 7.13. The summed E-state index contributed by atoms with van der Waals surface area (Å²) in [4.78, 5) is 50.7. The first-order chi connectivity index (χ1) is 14.5. The molecular weight excluding hydrogens is 402 g/mol. The minimum Gasteiger partial charge on any atom is -0.345 e. The molecule has 2 saturated heterocycles. The van der Waals surface area contributed by atoms with Crippen LogP contribution in [0.15, 0.2) is 35.8 Å². The van der Waals surface area contributed by atoms with Gasteiger partial charge in [-0.05, 0) is 25.5 Å². The molecule has 30 heavy (non-hydrogen) atoms. The van der Waals surface area contributed by atoms with Crippen LogP contribution in [0.3, 0.4) is 0 Å². The van der Waals surface area contributed by atoms with E-state index in [1.165, 1.54) is 0 Å². The van der Waals surface area contributed by atoms with E-state index in [1.807, 2.05) is 29.3 Å². The van der Waals surface area contributed by atoms with E-state index in [-0.39, 0.29) is 24.3 Å². The molecule has 4 heterocycles. The van der Waals surface area contributed by atoms with Crippen LogP contribution >= 0.6 is 11.3 Å². The minimum absolute atomic E-state index is 0.00744. The number of piperazine rings is 1. The lowest BCUT2D eigenvalue weighted by atomic mass is 9.98. The number of carbonyl (C=O) groups excluding carboxylic acids is 3. The number of anilines is 2. The molecular formula is C21H23N5O3S. The summed E-state index contributed by atoms with van der Waals surface area (Å²) in [6.45, 7) is 4.49. The van der Waals surface area contributed by atoms with E-state index in [9.17, 15) is 14.4 Å². The molecule has 3 aliphatic rings. The number of amides is 3. The third kappa shape index (κ3) is 2.87. The standard InChI is InChI=1S/C21H23N5O3S/c1-21-7-6-17(27)26(21)16-5-3-2-4-15(16)19(29)25(21)14-18(28)23-9-11-24(12-10-23)20-22-8-13-30-20/h2-5,8,13H,6-7,9-12,14H2,1H3. The lowest BCUT2D eigenvalue weighted by Crippen LogP contribution is -2.64. The van der Waals surface area contributed by atoms with Gasteiger partial charge in [0, 0.05) is 44.2 Å². The highest BCUT2D eigenvalue weighted by atomic mass is 32.1. The molecule has 0 bridgehead atoms. The first-order valence-electron chi connectivity index (χ1n) is 10.2. The van der Waals surface area contributed by atoms with Crippen molar-refractivity contribution in [2.24, 2.45) is 0 Å². The van der Waals surface area contributed by atoms with E-state index >= 15 is 0 Å². The quantitative estimate of drug-likeness (QED) is 0.749. The van der Waals surface area contributed by atoms with Crippen LogP contribution in [0.4, 0.5) is 10.8 Å². The largest absolute Gasteiger partial charge is 0.345 e. The Balaban J connectivity index is 1.35. The smallest absolute Gasteiger partial charge is 0.258 e. The fourth-order valence-electron chi connectivity index (χ4n) is 4.70. The van der Waals surface area contributed by atoms with Crippen molar-refractivity contribution in [3.05, 3.63) is 41.4 Å². The van der Waals surface area contributed by atoms with Crippen LogP contribution < -0.4 is 9.80 Å². The molecule has 0 N–H and O–H groups in total. The fraction of sp³-hybridized carbons (Fsp3) is 0.429. The summed E-state index contributed by atoms with van der Waals surface area (Å²) in [5.41, 5.74) is 0.320. The summed E-state index contributed by atoms with van der Waals surface area (Å²) in [6.07, 6.45) is 2.68. The molecule has 1 unspecified atom stereocenters. The molecule has 2 fully saturated rings. The topological polar surface area (TPSA) is 77.1 Å². The van der Waals surface area contributed by atoms with Gasteiger partial charge in [0.1, 0.15) is 12.2 Å². The number of fused-ring (bicyclic) bond motifs is 3. The number of nitrogens with zero attached hydrogens (tertiary/aromatic N) is 5. The lowest BCUT2D eigenvalue weighted by molar-refractivity contribution is -0.133. The first-order valence-corrected chi connectivity index (χ1v) is 11.0. The normalized spacial score (nSPS) is 23.6. The molecule has 0 radical (unpaired) electrons. The van der Waals surface area contributed by atoms with Crippen molar-refractivity contribution >= 4 is 39.9 Å². The second-order valence-electron chi connectivity index (χ2n) is 8.04. The number of hydrogen-bond donors (Lipinski definition) is 0. The van der Waals surface area contributed by atoms with Crippen LogP contribution in [-0.2, 0) is 9.59 Å². The Morgan fingerprint density at radius 3 is 2.67 bits per heavy atom. The van der Waals surface area contributed by atoms with Crippen molar-refractivity contribution in [3.8, 4) is 0 Å². The Morgan fingerprint density at radius 2 is 1.93 bits per heavy atom. The molecule has 5 rings (SSSR count). The maximum atomic E-state index is 13.3. The average Bonchev–Trinajstić information content (AvgIpc) is 3.40. The van der Waals surface area contributed by atoms with Crippen molar-refractivity contribution in [3.63, 3.8) is 0 Å². The summed E-state index contributed by atoms with van der Waals surface area (Å²) in [5.74, 6) is -0.275. The van der Waals surface area contributed by atoms with Crippen LogP contribution in [0, 0.1) is 0 Å². The van der Waals surface area contributed by atoms with E-state index in [2.05, 4.69) is 9.88 Å². The van der Waals surface area contributed by atoms with E-state index in [4.69, 9.17) is 0 Å². The van der Waals surface area contributed by atoms with Crippen LogP contribution in [0.5, 0.6) is 0 Å². The molecule has 9 heteroatoms. The summed E-state index contributed by atoms with van der Waals surface area (Å²) in [7, 11) is 0. The predicted octanol–water partition coefficient (Wildman–Crippen LogP) is 1.79. The average molecular weight is 426 g/mol. The summed E-state index contributed by atoms with van der Waals surface area (Å²) in [6, 6.07) is 7.16. The number of benzene rings is 1. The van der Waals surface area contributed by atoms with Gasteiger partial charge in [-0.3, -0.25) is 19.3 Å². The number of rotatable bonds is 3. The summed E-state index contributed by atoms with van der Waals surface area (Å²) < 4.78 is 0. The van der Waals surface area contributed by atoms with Crippen molar-refractivity contribution in [1.29, 1.82) is 0 Å². The van der Waals surface area contributed by atoms with Crippen molar-refractivity contribution in [1.82, 2.24) is 14.8 Å². The van der Waals surface area contributed by atoms with Crippen LogP contribution in [0.25, 0.3) is 0 Å². The number of hydrogen-bond acceptors (Lipinski definition) is 6. The second-order valence-corrected chi connectivity index (χ2v) is 8.91. The van der Waals surface area contributed by atoms with E-state index < -0.39 is 5.66 Å². The van der Waals surface area contributed by atoms with Gasteiger partial charge in [0.15, 0.2) is 5.13 Å². The highest BCUT2D eigenvalue weighted by Gasteiger charge is 2.53. The maximum absolute atomic E-state index is 13.3. The Kier molecular flexibility index (Phi) is 4.50. The molecule has 3 amide bonds. The van der Waals surface area contributed by atoms with Crippen LogP contribution in [0.1, 0.15) is 30.1 Å². The van der Waals surface area contributed by atoms with Gasteiger partial charge >= 0.3 is 0 Å². The number of aromatic nitrogens is 1. The molecule has 8 nitrogen and oxygen atoms in total. The molecule has 1 atom stereocenters. The first kappa shape index (κ1) is 19.0. The van der Waals surface area contributed by atoms with Gasteiger partial charge in [-0.15, -0.1) is 11.3 Å². The number of carbonyl (C=O) groups is 3. The van der Waals surface area contributed by atoms with Gasteiger partial charge in [0.25, 0.3) is 5.91 Å². The number of para-hydroxylation sites is 1. The SMILES string of the molecule is CC12CCC(=O)N1c1ccccc1C(=O)N2CC(=O)N1CCN(c2nccs2)CC1. The molecule has 0 saturated carbocycles. The van der Waals surface area contributed by atoms with Crippen molar-refractivity contribution in [2.75, 3.05) is 42.5 Å². The third-order valence-corrected chi connectivity index (χ3v) is 7.19. The Bertz CT molecular complexity index is 1000. The predicted molar refractivity (Wildman–Crippen MR) is 114 cm³/mol. The second kappa shape index (κ2) is 7.09. The van der Waals surface area contributed by atoms with Gasteiger partial charge < -0.3 is 14.7 Å². The number of thiazole rings is 1. The molecule has 3 aliphatic heterocycles. The molecule has 2 aromatic rings. The van der Waals surface area contributed by atoms with Crippen LogP contribution in [-0.4, -0.2) is 70.9 Å². The fourth-order valence-corrected chi connectivity index (χ4v) is 5.39. The summed E-state index contributed by atoms with van der Waals surface area (Å²) in [5, 5.41) is 2.92. The molecule has 1 aromatic carbocycles. The van der Waals surface area contributed by atoms with Crippen molar-refractivity contribution < 1.29 is 14.4 Å². The van der Waals surface area contributed by atoms with Crippen LogP contribution in [0.2, 0.25) is 0 Å². The van der Waals surface area contributed by atoms with E-state index in [0.29, 0.717) is 37.2 Å². The summed E-state index contributed by atoms with van der Waals surface area (Å²) >= 11 is 1.59. The Labute approximate surface area is 178 Å². The maximum Gasteiger partial charge on any atom is 0.258 e. The molecule has 0 spiro atoms. The molecule has 1 aromatic heterocycles. The van der Waals surface area contributed by atoms with Gasteiger partial charge in [-0.1, -0.05) is 12.1 Å². The highest BCUT2D eigenvalue weighted by Crippen LogP contribution is 2.43. The zero-order valence-corrected chi connectivity index (χ0v) is 17.6. The molecule has 156 valence electrons.